The molecule has 1 rings (SSSR count). The topological polar surface area (TPSA) is 50.4 Å². The normalized spacial score (nSPS) is 9.73. The number of benzene rings is 1. The minimum absolute atomic E-state index is 0.214. The lowest BCUT2D eigenvalue weighted by Gasteiger charge is -2.07. The molecule has 0 saturated carbocycles. The number of carbonyl (C=O) groups excluding carboxylic acids is 1. The molecule has 0 radical (unpaired) electrons. The molecule has 1 aromatic carbocycles. The summed E-state index contributed by atoms with van der Waals surface area (Å²) in [4.78, 5) is 11.3. The third-order valence-electron chi connectivity index (χ3n) is 1.67. The second kappa shape index (κ2) is 6.62. The molecular formula is C10H13IN2O2. The fourth-order valence-corrected chi connectivity index (χ4v) is 1.55. The summed E-state index contributed by atoms with van der Waals surface area (Å²) < 4.78 is 5.90. The van der Waals surface area contributed by atoms with E-state index >= 15 is 0 Å². The predicted molar refractivity (Wildman–Crippen MR) is 68.1 cm³/mol. The quantitative estimate of drug-likeness (QED) is 0.659. The van der Waals surface area contributed by atoms with Crippen LogP contribution in [0.5, 0.6) is 0 Å². The number of carbonyl (C=O) groups is 1. The molecule has 0 bridgehead atoms. The number of ether oxygens (including phenoxy) is 1. The lowest BCUT2D eigenvalue weighted by molar-refractivity contribution is 0.198. The molecule has 5 heteroatoms. The van der Waals surface area contributed by atoms with E-state index in [2.05, 4.69) is 33.2 Å². The van der Waals surface area contributed by atoms with E-state index in [-0.39, 0.29) is 6.03 Å². The minimum atomic E-state index is -0.214. The molecule has 15 heavy (non-hydrogen) atoms. The summed E-state index contributed by atoms with van der Waals surface area (Å²) in [6, 6.07) is 7.39. The van der Waals surface area contributed by atoms with Crippen LogP contribution in [0.2, 0.25) is 0 Å². The number of hydrogen-bond donors (Lipinski definition) is 2. The van der Waals surface area contributed by atoms with Crippen LogP contribution in [0.1, 0.15) is 0 Å². The molecule has 0 aliphatic carbocycles. The molecule has 0 heterocycles. The summed E-state index contributed by atoms with van der Waals surface area (Å²) in [5.74, 6) is 0. The van der Waals surface area contributed by atoms with Crippen molar-refractivity contribution in [3.8, 4) is 0 Å². The molecule has 1 aromatic rings. The van der Waals surface area contributed by atoms with Gasteiger partial charge in [0.15, 0.2) is 0 Å². The van der Waals surface area contributed by atoms with E-state index in [1.807, 2.05) is 24.3 Å². The van der Waals surface area contributed by atoms with E-state index in [9.17, 15) is 4.79 Å². The third-order valence-corrected chi connectivity index (χ3v) is 2.35. The van der Waals surface area contributed by atoms with Crippen LogP contribution < -0.4 is 10.6 Å². The number of halogens is 1. The zero-order valence-corrected chi connectivity index (χ0v) is 10.6. The second-order valence-corrected chi connectivity index (χ2v) is 4.13. The Balaban J connectivity index is 2.37. The van der Waals surface area contributed by atoms with Gasteiger partial charge in [-0.3, -0.25) is 0 Å². The zero-order valence-electron chi connectivity index (χ0n) is 8.42. The highest BCUT2D eigenvalue weighted by Crippen LogP contribution is 2.11. The fraction of sp³-hybridized carbons (Fsp3) is 0.300. The monoisotopic (exact) mass is 320 g/mol. The maximum absolute atomic E-state index is 11.3. The molecule has 2 amide bonds. The van der Waals surface area contributed by atoms with Gasteiger partial charge in [-0.1, -0.05) is 6.07 Å². The number of rotatable bonds is 4. The van der Waals surface area contributed by atoms with Crippen LogP contribution in [0, 0.1) is 3.57 Å². The Morgan fingerprint density at radius 2 is 2.33 bits per heavy atom. The summed E-state index contributed by atoms with van der Waals surface area (Å²) in [6.07, 6.45) is 0. The Morgan fingerprint density at radius 1 is 1.53 bits per heavy atom. The first-order valence-electron chi connectivity index (χ1n) is 4.51. The van der Waals surface area contributed by atoms with Crippen LogP contribution in [0.25, 0.3) is 0 Å². The lowest BCUT2D eigenvalue weighted by Crippen LogP contribution is -2.31. The van der Waals surface area contributed by atoms with Crippen LogP contribution in [-0.2, 0) is 4.74 Å². The van der Waals surface area contributed by atoms with Gasteiger partial charge in [0.25, 0.3) is 0 Å². The van der Waals surface area contributed by atoms with Gasteiger partial charge in [-0.05, 0) is 40.8 Å². The van der Waals surface area contributed by atoms with Crippen LogP contribution in [-0.4, -0.2) is 26.3 Å². The Hall–Kier alpha value is -0.820. The first-order valence-corrected chi connectivity index (χ1v) is 5.59. The molecule has 0 aliphatic rings. The molecule has 4 nitrogen and oxygen atoms in total. The number of nitrogens with one attached hydrogen (secondary N) is 2. The molecule has 2 N–H and O–H groups in total. The Bertz CT molecular complexity index is 331. The first-order chi connectivity index (χ1) is 7.22. The molecule has 0 spiro atoms. The van der Waals surface area contributed by atoms with Gasteiger partial charge in [-0.25, -0.2) is 4.79 Å². The minimum Gasteiger partial charge on any atom is -0.383 e. The van der Waals surface area contributed by atoms with E-state index in [0.717, 1.165) is 9.26 Å². The lowest BCUT2D eigenvalue weighted by atomic mass is 10.3. The van der Waals surface area contributed by atoms with Gasteiger partial charge in [0.2, 0.25) is 0 Å². The van der Waals surface area contributed by atoms with E-state index in [4.69, 9.17) is 4.74 Å². The predicted octanol–water partition coefficient (Wildman–Crippen LogP) is 2.06. The summed E-state index contributed by atoms with van der Waals surface area (Å²) in [5.41, 5.74) is 0.789. The van der Waals surface area contributed by atoms with Gasteiger partial charge in [0.05, 0.1) is 6.61 Å². The highest BCUT2D eigenvalue weighted by molar-refractivity contribution is 14.1. The first kappa shape index (κ1) is 12.3. The van der Waals surface area contributed by atoms with E-state index in [0.29, 0.717) is 13.2 Å². The van der Waals surface area contributed by atoms with Crippen LogP contribution >= 0.6 is 22.6 Å². The van der Waals surface area contributed by atoms with E-state index < -0.39 is 0 Å². The summed E-state index contributed by atoms with van der Waals surface area (Å²) in [6.45, 7) is 1.02. The fourth-order valence-electron chi connectivity index (χ4n) is 1.01. The maximum atomic E-state index is 11.3. The molecule has 0 unspecified atom stereocenters. The van der Waals surface area contributed by atoms with E-state index in [1.165, 1.54) is 0 Å². The molecule has 0 aromatic heterocycles. The average Bonchev–Trinajstić information content (AvgIpc) is 2.18. The number of hydrogen-bond acceptors (Lipinski definition) is 2. The smallest absolute Gasteiger partial charge is 0.319 e. The largest absolute Gasteiger partial charge is 0.383 e. The van der Waals surface area contributed by atoms with Crippen LogP contribution in [0.3, 0.4) is 0 Å². The number of anilines is 1. The maximum Gasteiger partial charge on any atom is 0.319 e. The standard InChI is InChI=1S/C10H13IN2O2/c1-15-6-5-12-10(14)13-9-4-2-3-8(11)7-9/h2-4,7H,5-6H2,1H3,(H2,12,13,14). The van der Waals surface area contributed by atoms with Gasteiger partial charge < -0.3 is 15.4 Å². The number of urea groups is 1. The summed E-state index contributed by atoms with van der Waals surface area (Å²) in [7, 11) is 1.60. The summed E-state index contributed by atoms with van der Waals surface area (Å²) in [5, 5.41) is 5.41. The van der Waals surface area contributed by atoms with Crippen molar-refractivity contribution in [2.24, 2.45) is 0 Å². The van der Waals surface area contributed by atoms with Gasteiger partial charge >= 0.3 is 6.03 Å². The highest BCUT2D eigenvalue weighted by atomic mass is 127. The van der Waals surface area contributed by atoms with Crippen molar-refractivity contribution < 1.29 is 9.53 Å². The van der Waals surface area contributed by atoms with Crippen LogP contribution in [0.15, 0.2) is 24.3 Å². The van der Waals surface area contributed by atoms with Crippen molar-refractivity contribution >= 4 is 34.3 Å². The molecule has 0 saturated heterocycles. The van der Waals surface area contributed by atoms with Crippen molar-refractivity contribution in [3.63, 3.8) is 0 Å². The third kappa shape index (κ3) is 4.98. The second-order valence-electron chi connectivity index (χ2n) is 2.88. The molecule has 0 aliphatic heterocycles. The molecule has 0 atom stereocenters. The molecular weight excluding hydrogens is 307 g/mol. The Morgan fingerprint density at radius 3 is 3.00 bits per heavy atom. The van der Waals surface area contributed by atoms with Crippen molar-refractivity contribution in [1.82, 2.24) is 5.32 Å². The van der Waals surface area contributed by atoms with Crippen molar-refractivity contribution in [2.45, 2.75) is 0 Å². The van der Waals surface area contributed by atoms with Crippen LogP contribution in [0.4, 0.5) is 10.5 Å². The average molecular weight is 320 g/mol. The zero-order chi connectivity index (χ0) is 11.1. The van der Waals surface area contributed by atoms with Gasteiger partial charge in [-0.15, -0.1) is 0 Å². The van der Waals surface area contributed by atoms with Crippen molar-refractivity contribution in [2.75, 3.05) is 25.6 Å². The number of amides is 2. The highest BCUT2D eigenvalue weighted by Gasteiger charge is 2.00. The summed E-state index contributed by atoms with van der Waals surface area (Å²) >= 11 is 2.20. The van der Waals surface area contributed by atoms with E-state index in [1.54, 1.807) is 7.11 Å². The van der Waals surface area contributed by atoms with Gasteiger partial charge in [-0.2, -0.15) is 0 Å². The van der Waals surface area contributed by atoms with Gasteiger partial charge in [0.1, 0.15) is 0 Å². The molecule has 82 valence electrons. The SMILES string of the molecule is COCCNC(=O)Nc1cccc(I)c1. The Labute approximate surface area is 103 Å². The molecule has 0 fully saturated rings. The number of methoxy groups -OCH3 is 1. The van der Waals surface area contributed by atoms with Gasteiger partial charge in [0, 0.05) is 22.9 Å². The van der Waals surface area contributed by atoms with Crippen molar-refractivity contribution in [3.05, 3.63) is 27.8 Å². The Kier molecular flexibility index (Phi) is 5.41. The van der Waals surface area contributed by atoms with Crippen molar-refractivity contribution in [1.29, 1.82) is 0 Å².